The van der Waals surface area contributed by atoms with Crippen LogP contribution in [-0.2, 0) is 0 Å². The normalized spacial score (nSPS) is 33.9. The fourth-order valence-electron chi connectivity index (χ4n) is 3.79. The molecule has 0 saturated carbocycles. The van der Waals surface area contributed by atoms with Crippen LogP contribution in [0.3, 0.4) is 0 Å². The first-order valence-corrected chi connectivity index (χ1v) is 7.82. The number of hydrogen-bond donors (Lipinski definition) is 0. The Morgan fingerprint density at radius 2 is 1.53 bits per heavy atom. The second-order valence-electron chi connectivity index (χ2n) is 7.15. The molecule has 2 aliphatic rings. The number of hydrogen-bond acceptors (Lipinski definition) is 0. The summed E-state index contributed by atoms with van der Waals surface area (Å²) < 4.78 is 2.56. The lowest BCUT2D eigenvalue weighted by Crippen LogP contribution is -3.00. The van der Waals surface area contributed by atoms with Gasteiger partial charge in [-0.1, -0.05) is 12.2 Å². The van der Waals surface area contributed by atoms with Gasteiger partial charge in [-0.25, -0.2) is 0 Å². The molecule has 19 heavy (non-hydrogen) atoms. The molecule has 0 amide bonds. The fraction of sp³-hybridized carbons (Fsp3) is 0.875. The highest BCUT2D eigenvalue weighted by atomic mass is 127. The first-order chi connectivity index (χ1) is 8.50. The van der Waals surface area contributed by atoms with E-state index in [4.69, 9.17) is 0 Å². The zero-order valence-corrected chi connectivity index (χ0v) is 15.4. The second-order valence-corrected chi connectivity index (χ2v) is 7.15. The minimum absolute atomic E-state index is 0. The average Bonchev–Trinajstić information content (AvgIpc) is 2.73. The Balaban J connectivity index is 0.00000180. The van der Waals surface area contributed by atoms with Crippen LogP contribution in [0.5, 0.6) is 0 Å². The lowest BCUT2D eigenvalue weighted by atomic mass is 9.86. The number of halogens is 1. The van der Waals surface area contributed by atoms with Crippen LogP contribution in [0.25, 0.3) is 0 Å². The van der Waals surface area contributed by atoms with Gasteiger partial charge in [-0.3, -0.25) is 0 Å². The van der Waals surface area contributed by atoms with Gasteiger partial charge in [-0.05, 0) is 26.7 Å². The highest BCUT2D eigenvalue weighted by Crippen LogP contribution is 2.36. The number of likely N-dealkylation sites (N-methyl/N-ethyl adjacent to an activating group) is 2. The Kier molecular flexibility index (Phi) is 6.33. The molecule has 112 valence electrons. The summed E-state index contributed by atoms with van der Waals surface area (Å²) in [4.78, 5) is 0. The van der Waals surface area contributed by atoms with Gasteiger partial charge in [0.2, 0.25) is 0 Å². The first kappa shape index (κ1) is 17.4. The molecule has 1 fully saturated rings. The molecule has 0 aromatic rings. The van der Waals surface area contributed by atoms with Crippen molar-refractivity contribution < 1.29 is 32.9 Å². The molecule has 3 heteroatoms. The number of rotatable bonds is 5. The van der Waals surface area contributed by atoms with Gasteiger partial charge in [0.15, 0.2) is 0 Å². The van der Waals surface area contributed by atoms with Crippen LogP contribution in [0, 0.1) is 11.8 Å². The summed E-state index contributed by atoms with van der Waals surface area (Å²) >= 11 is 0. The summed E-state index contributed by atoms with van der Waals surface area (Å²) in [6, 6.07) is 0. The summed E-state index contributed by atoms with van der Waals surface area (Å²) in [5.74, 6) is 1.95. The van der Waals surface area contributed by atoms with Crippen LogP contribution in [0.4, 0.5) is 0 Å². The van der Waals surface area contributed by atoms with Crippen molar-refractivity contribution in [3.8, 4) is 0 Å². The highest BCUT2D eigenvalue weighted by Gasteiger charge is 2.43. The lowest BCUT2D eigenvalue weighted by Gasteiger charge is -2.37. The molecule has 1 aliphatic carbocycles. The highest BCUT2D eigenvalue weighted by molar-refractivity contribution is 4.96. The fourth-order valence-corrected chi connectivity index (χ4v) is 3.79. The lowest BCUT2D eigenvalue weighted by molar-refractivity contribution is -0.958. The molecule has 2 atom stereocenters. The van der Waals surface area contributed by atoms with Gasteiger partial charge >= 0.3 is 0 Å². The second kappa shape index (κ2) is 6.90. The Bertz CT molecular complexity index is 294. The van der Waals surface area contributed by atoms with E-state index in [9.17, 15) is 0 Å². The zero-order chi connectivity index (χ0) is 13.2. The Morgan fingerprint density at radius 1 is 1.05 bits per heavy atom. The molecule has 2 nitrogen and oxygen atoms in total. The Morgan fingerprint density at radius 3 is 1.95 bits per heavy atom. The van der Waals surface area contributed by atoms with Crippen LogP contribution in [0.2, 0.25) is 0 Å². The maximum absolute atomic E-state index is 2.49. The molecular weight excluding hydrogens is 347 g/mol. The maximum atomic E-state index is 2.49. The standard InChI is InChI=1S/C16H32N2.HI/c1-5-17(3,6-2)11-12-18(4)13-15-9-7-8-10-16(15)14-18;/h7-8,15-16H,5-6,9-14H2,1-4H3;1H/q+2;/p-1. The average molecular weight is 379 g/mol. The quantitative estimate of drug-likeness (QED) is 0.344. The first-order valence-electron chi connectivity index (χ1n) is 7.82. The topological polar surface area (TPSA) is 0 Å². The van der Waals surface area contributed by atoms with E-state index in [1.165, 1.54) is 61.1 Å². The molecule has 1 aliphatic heterocycles. The van der Waals surface area contributed by atoms with Crippen molar-refractivity contribution in [2.75, 3.05) is 53.4 Å². The molecule has 0 aromatic heterocycles. The van der Waals surface area contributed by atoms with Crippen molar-refractivity contribution in [3.05, 3.63) is 12.2 Å². The van der Waals surface area contributed by atoms with Crippen LogP contribution in [-0.4, -0.2) is 62.3 Å². The maximum Gasteiger partial charge on any atom is 0.128 e. The molecule has 0 aromatic carbocycles. The van der Waals surface area contributed by atoms with Gasteiger partial charge in [-0.2, -0.15) is 0 Å². The third-order valence-corrected chi connectivity index (χ3v) is 5.77. The van der Waals surface area contributed by atoms with E-state index in [0.29, 0.717) is 0 Å². The summed E-state index contributed by atoms with van der Waals surface area (Å²) in [6.45, 7) is 12.7. The van der Waals surface area contributed by atoms with Crippen molar-refractivity contribution in [1.29, 1.82) is 0 Å². The molecular formula is C16H32IN2+. The predicted octanol–water partition coefficient (Wildman–Crippen LogP) is -0.481. The summed E-state index contributed by atoms with van der Waals surface area (Å²) in [5, 5.41) is 0. The molecule has 1 saturated heterocycles. The van der Waals surface area contributed by atoms with E-state index < -0.39 is 0 Å². The number of allylic oxidation sites excluding steroid dienone is 2. The number of nitrogens with zero attached hydrogens (tertiary/aromatic N) is 2. The van der Waals surface area contributed by atoms with E-state index in [1.54, 1.807) is 0 Å². The van der Waals surface area contributed by atoms with Crippen LogP contribution in [0.1, 0.15) is 26.7 Å². The van der Waals surface area contributed by atoms with Crippen LogP contribution in [0.15, 0.2) is 12.2 Å². The minimum Gasteiger partial charge on any atom is -1.00 e. The number of fused-ring (bicyclic) bond motifs is 1. The SMILES string of the molecule is CC[N+](C)(CC)CC[N+]1(C)CC2CC=CCC2C1.[I-]. The van der Waals surface area contributed by atoms with Crippen molar-refractivity contribution in [2.24, 2.45) is 11.8 Å². The molecule has 0 radical (unpaired) electrons. The van der Waals surface area contributed by atoms with E-state index >= 15 is 0 Å². The monoisotopic (exact) mass is 379 g/mol. The third-order valence-electron chi connectivity index (χ3n) is 5.77. The van der Waals surface area contributed by atoms with Gasteiger partial charge in [0.1, 0.15) is 13.1 Å². The van der Waals surface area contributed by atoms with E-state index in [-0.39, 0.29) is 24.0 Å². The van der Waals surface area contributed by atoms with Gasteiger partial charge in [-0.15, -0.1) is 0 Å². The number of quaternary nitrogens is 2. The molecule has 2 rings (SSSR count). The third kappa shape index (κ3) is 4.18. The van der Waals surface area contributed by atoms with Gasteiger partial charge in [0.25, 0.3) is 0 Å². The van der Waals surface area contributed by atoms with E-state index in [0.717, 1.165) is 11.8 Å². The zero-order valence-electron chi connectivity index (χ0n) is 13.2. The molecule has 0 bridgehead atoms. The van der Waals surface area contributed by atoms with Crippen molar-refractivity contribution in [1.82, 2.24) is 0 Å². The Labute approximate surface area is 137 Å². The van der Waals surface area contributed by atoms with E-state index in [2.05, 4.69) is 40.1 Å². The molecule has 0 N–H and O–H groups in total. The summed E-state index contributed by atoms with van der Waals surface area (Å²) in [6.07, 6.45) is 7.50. The number of likely N-dealkylation sites (tertiary alicyclic amines) is 1. The molecule has 0 spiro atoms. The summed E-state index contributed by atoms with van der Waals surface area (Å²) in [5.41, 5.74) is 0. The molecule has 1 heterocycles. The largest absolute Gasteiger partial charge is 1.00 e. The van der Waals surface area contributed by atoms with Crippen LogP contribution < -0.4 is 24.0 Å². The van der Waals surface area contributed by atoms with Crippen LogP contribution >= 0.6 is 0 Å². The minimum atomic E-state index is 0. The molecule has 2 unspecified atom stereocenters. The van der Waals surface area contributed by atoms with E-state index in [1.807, 2.05) is 0 Å². The summed E-state index contributed by atoms with van der Waals surface area (Å²) in [7, 11) is 4.91. The van der Waals surface area contributed by atoms with Crippen molar-refractivity contribution >= 4 is 0 Å². The van der Waals surface area contributed by atoms with Gasteiger partial charge < -0.3 is 32.9 Å². The smallest absolute Gasteiger partial charge is 0.128 e. The van der Waals surface area contributed by atoms with Crippen molar-refractivity contribution in [2.45, 2.75) is 26.7 Å². The van der Waals surface area contributed by atoms with Gasteiger partial charge in [0.05, 0.1) is 40.3 Å². The Hall–Kier alpha value is 0.390. The van der Waals surface area contributed by atoms with Gasteiger partial charge in [0, 0.05) is 11.8 Å². The van der Waals surface area contributed by atoms with Crippen molar-refractivity contribution in [3.63, 3.8) is 0 Å². The predicted molar refractivity (Wildman–Crippen MR) is 78.3 cm³/mol.